The third-order valence-corrected chi connectivity index (χ3v) is 6.87. The largest absolute Gasteiger partial charge is 0.276 e. The lowest BCUT2D eigenvalue weighted by atomic mass is 9.87. The minimum Gasteiger partial charge on any atom is -0.276 e. The number of hydrogen-bond donors (Lipinski definition) is 0. The van der Waals surface area contributed by atoms with E-state index in [0.29, 0.717) is 18.7 Å². The first-order chi connectivity index (χ1) is 12.9. The van der Waals surface area contributed by atoms with Crippen LogP contribution in [0.1, 0.15) is 28.2 Å². The van der Waals surface area contributed by atoms with E-state index < -0.39 is 15.8 Å². The van der Waals surface area contributed by atoms with Crippen molar-refractivity contribution in [3.63, 3.8) is 0 Å². The minimum atomic E-state index is -3.74. The maximum atomic E-state index is 13.6. The third-order valence-electron chi connectivity index (χ3n) is 5.06. The molecule has 140 valence electrons. The van der Waals surface area contributed by atoms with E-state index in [1.807, 2.05) is 37.5 Å². The normalized spacial score (nSPS) is 17.7. The molecule has 1 aromatic heterocycles. The van der Waals surface area contributed by atoms with Crippen LogP contribution < -0.4 is 0 Å². The Morgan fingerprint density at radius 3 is 2.67 bits per heavy atom. The van der Waals surface area contributed by atoms with Gasteiger partial charge < -0.3 is 0 Å². The number of aromatic nitrogens is 2. The summed E-state index contributed by atoms with van der Waals surface area (Å²) in [4.78, 5) is 0.116. The van der Waals surface area contributed by atoms with Gasteiger partial charge in [-0.1, -0.05) is 24.3 Å². The lowest BCUT2D eigenvalue weighted by molar-refractivity contribution is 0.371. The van der Waals surface area contributed by atoms with Gasteiger partial charge in [0.15, 0.2) is 0 Å². The standard InChI is InChI=1S/C20H20FN3O2S/c1-14-9-17(7-8-20(14)21)27(25,26)24-12-15-5-3-4-6-18(15)19(13-24)16-10-22-23(2)11-16/h3-11,19H,12-13H2,1-2H3. The number of sulfonamides is 1. The first-order valence-electron chi connectivity index (χ1n) is 8.69. The average Bonchev–Trinajstić information content (AvgIpc) is 3.09. The molecule has 0 saturated carbocycles. The Morgan fingerprint density at radius 1 is 1.19 bits per heavy atom. The fraction of sp³-hybridized carbons (Fsp3) is 0.250. The lowest BCUT2D eigenvalue weighted by Gasteiger charge is -2.33. The van der Waals surface area contributed by atoms with Crippen molar-refractivity contribution in [2.24, 2.45) is 7.05 Å². The number of halogens is 1. The van der Waals surface area contributed by atoms with Gasteiger partial charge in [0.2, 0.25) is 10.0 Å². The summed E-state index contributed by atoms with van der Waals surface area (Å²) < 4.78 is 43.2. The number of fused-ring (bicyclic) bond motifs is 1. The van der Waals surface area contributed by atoms with Gasteiger partial charge in [0.1, 0.15) is 5.82 Å². The van der Waals surface area contributed by atoms with Gasteiger partial charge in [0, 0.05) is 32.3 Å². The highest BCUT2D eigenvalue weighted by Crippen LogP contribution is 2.35. The highest BCUT2D eigenvalue weighted by atomic mass is 32.2. The summed E-state index contributed by atoms with van der Waals surface area (Å²) >= 11 is 0. The Kier molecular flexibility index (Phi) is 4.36. The highest BCUT2D eigenvalue weighted by Gasteiger charge is 2.34. The molecule has 0 fully saturated rings. The van der Waals surface area contributed by atoms with Crippen molar-refractivity contribution in [1.82, 2.24) is 14.1 Å². The van der Waals surface area contributed by atoms with E-state index in [4.69, 9.17) is 0 Å². The summed E-state index contributed by atoms with van der Waals surface area (Å²) in [6.45, 7) is 2.19. The van der Waals surface area contributed by atoms with Crippen LogP contribution in [0.3, 0.4) is 0 Å². The van der Waals surface area contributed by atoms with Gasteiger partial charge >= 0.3 is 0 Å². The van der Waals surface area contributed by atoms with Gasteiger partial charge in [-0.05, 0) is 47.4 Å². The summed E-state index contributed by atoms with van der Waals surface area (Å²) in [6.07, 6.45) is 3.69. The highest BCUT2D eigenvalue weighted by molar-refractivity contribution is 7.89. The first kappa shape index (κ1) is 17.9. The van der Waals surface area contributed by atoms with E-state index in [-0.39, 0.29) is 10.8 Å². The second-order valence-electron chi connectivity index (χ2n) is 6.91. The predicted molar refractivity (Wildman–Crippen MR) is 100 cm³/mol. The third kappa shape index (κ3) is 3.17. The molecule has 0 spiro atoms. The monoisotopic (exact) mass is 385 g/mol. The number of rotatable bonds is 3. The van der Waals surface area contributed by atoms with Crippen LogP contribution in [-0.4, -0.2) is 29.0 Å². The summed E-state index contributed by atoms with van der Waals surface area (Å²) in [5, 5.41) is 4.24. The van der Waals surface area contributed by atoms with E-state index >= 15 is 0 Å². The molecule has 1 aliphatic rings. The molecule has 2 heterocycles. The predicted octanol–water partition coefficient (Wildman–Crippen LogP) is 3.20. The van der Waals surface area contributed by atoms with Crippen molar-refractivity contribution in [1.29, 1.82) is 0 Å². The summed E-state index contributed by atoms with van der Waals surface area (Å²) in [5.41, 5.74) is 3.38. The molecule has 0 aliphatic carbocycles. The maximum Gasteiger partial charge on any atom is 0.243 e. The quantitative estimate of drug-likeness (QED) is 0.696. The molecule has 0 saturated heterocycles. The van der Waals surface area contributed by atoms with Gasteiger partial charge in [0.25, 0.3) is 0 Å². The van der Waals surface area contributed by atoms with E-state index in [2.05, 4.69) is 5.10 Å². The van der Waals surface area contributed by atoms with Crippen LogP contribution in [-0.2, 0) is 23.6 Å². The average molecular weight is 385 g/mol. The molecular weight excluding hydrogens is 365 g/mol. The molecule has 2 aromatic carbocycles. The van der Waals surface area contributed by atoms with E-state index in [1.54, 1.807) is 17.8 Å². The van der Waals surface area contributed by atoms with Crippen LogP contribution in [0.25, 0.3) is 0 Å². The van der Waals surface area contributed by atoms with Crippen molar-refractivity contribution in [3.8, 4) is 0 Å². The van der Waals surface area contributed by atoms with E-state index in [9.17, 15) is 12.8 Å². The summed E-state index contributed by atoms with van der Waals surface area (Å²) in [5.74, 6) is -0.508. The molecule has 4 rings (SSSR count). The van der Waals surface area contributed by atoms with Crippen molar-refractivity contribution in [2.75, 3.05) is 6.54 Å². The molecule has 0 N–H and O–H groups in total. The fourth-order valence-electron chi connectivity index (χ4n) is 3.59. The van der Waals surface area contributed by atoms with Crippen LogP contribution in [0.2, 0.25) is 0 Å². The van der Waals surface area contributed by atoms with Crippen molar-refractivity contribution < 1.29 is 12.8 Å². The van der Waals surface area contributed by atoms with E-state index in [0.717, 1.165) is 16.7 Å². The summed E-state index contributed by atoms with van der Waals surface area (Å²) in [7, 11) is -1.90. The van der Waals surface area contributed by atoms with Gasteiger partial charge in [-0.15, -0.1) is 0 Å². The number of benzene rings is 2. The molecular formula is C20H20FN3O2S. The molecule has 1 atom stereocenters. The van der Waals surface area contributed by atoms with E-state index in [1.165, 1.54) is 22.5 Å². The van der Waals surface area contributed by atoms with Crippen molar-refractivity contribution >= 4 is 10.0 Å². The molecule has 0 bridgehead atoms. The SMILES string of the molecule is Cc1cc(S(=O)(=O)N2Cc3ccccc3C(c3cnn(C)c3)C2)ccc1F. The van der Waals surface area contributed by atoms with Crippen molar-refractivity contribution in [3.05, 3.63) is 82.9 Å². The number of hydrogen-bond acceptors (Lipinski definition) is 3. The maximum absolute atomic E-state index is 13.6. The molecule has 0 amide bonds. The Morgan fingerprint density at radius 2 is 1.96 bits per heavy atom. The van der Waals surface area contributed by atoms with Crippen LogP contribution in [0.4, 0.5) is 4.39 Å². The zero-order valence-corrected chi connectivity index (χ0v) is 15.9. The Hall–Kier alpha value is -2.51. The summed E-state index contributed by atoms with van der Waals surface area (Å²) in [6, 6.07) is 11.8. The smallest absolute Gasteiger partial charge is 0.243 e. The molecule has 5 nitrogen and oxygen atoms in total. The minimum absolute atomic E-state index is 0.0972. The van der Waals surface area contributed by atoms with Crippen LogP contribution in [0.5, 0.6) is 0 Å². The fourth-order valence-corrected chi connectivity index (χ4v) is 5.11. The van der Waals surface area contributed by atoms with Gasteiger partial charge in [0.05, 0.1) is 11.1 Å². The molecule has 3 aromatic rings. The Labute approximate surface area is 158 Å². The van der Waals surface area contributed by atoms with Crippen molar-refractivity contribution in [2.45, 2.75) is 24.3 Å². The first-order valence-corrected chi connectivity index (χ1v) is 10.1. The molecule has 0 radical (unpaired) electrons. The number of nitrogens with zero attached hydrogens (tertiary/aromatic N) is 3. The topological polar surface area (TPSA) is 55.2 Å². The van der Waals surface area contributed by atoms with Gasteiger partial charge in [-0.25, -0.2) is 12.8 Å². The molecule has 1 unspecified atom stereocenters. The molecule has 1 aliphatic heterocycles. The second kappa shape index (κ2) is 6.58. The Balaban J connectivity index is 1.77. The van der Waals surface area contributed by atoms with Crippen LogP contribution in [0, 0.1) is 12.7 Å². The van der Waals surface area contributed by atoms with Gasteiger partial charge in [-0.3, -0.25) is 4.68 Å². The molecule has 7 heteroatoms. The number of aryl methyl sites for hydroxylation is 2. The molecule has 27 heavy (non-hydrogen) atoms. The Bertz CT molecular complexity index is 1110. The zero-order chi connectivity index (χ0) is 19.2. The van der Waals surface area contributed by atoms with Crippen LogP contribution in [0.15, 0.2) is 59.8 Å². The lowest BCUT2D eigenvalue weighted by Crippen LogP contribution is -2.38. The second-order valence-corrected chi connectivity index (χ2v) is 8.85. The zero-order valence-electron chi connectivity index (χ0n) is 15.1. The van der Waals surface area contributed by atoms with Gasteiger partial charge in [-0.2, -0.15) is 9.40 Å². The van der Waals surface area contributed by atoms with Crippen LogP contribution >= 0.6 is 0 Å².